The van der Waals surface area contributed by atoms with Crippen molar-refractivity contribution in [3.05, 3.63) is 89.7 Å². The molecule has 0 aliphatic carbocycles. The molecule has 1 N–H and O–H groups in total. The van der Waals surface area contributed by atoms with Crippen molar-refractivity contribution < 1.29 is 4.79 Å². The predicted octanol–water partition coefficient (Wildman–Crippen LogP) is 4.95. The summed E-state index contributed by atoms with van der Waals surface area (Å²) >= 11 is 6.22. The number of hydrogen-bond donors (Lipinski definition) is 1. The number of para-hydroxylation sites is 1. The summed E-state index contributed by atoms with van der Waals surface area (Å²) in [5.41, 5.74) is 2.95. The Kier molecular flexibility index (Phi) is 4.72. The van der Waals surface area contributed by atoms with Gasteiger partial charge in [-0.15, -0.1) is 10.2 Å². The first-order chi connectivity index (χ1) is 15.1. The van der Waals surface area contributed by atoms with E-state index in [-0.39, 0.29) is 5.91 Å². The van der Waals surface area contributed by atoms with Gasteiger partial charge in [0.15, 0.2) is 0 Å². The maximum Gasteiger partial charge on any atom is 0.257 e. The molecule has 0 saturated carbocycles. The lowest BCUT2D eigenvalue weighted by molar-refractivity contribution is 0.102. The Bertz CT molecular complexity index is 1420. The fourth-order valence-electron chi connectivity index (χ4n) is 3.48. The highest BCUT2D eigenvalue weighted by atomic mass is 35.5. The summed E-state index contributed by atoms with van der Waals surface area (Å²) in [7, 11) is 1.90. The van der Waals surface area contributed by atoms with Crippen molar-refractivity contribution in [2.75, 3.05) is 17.3 Å². The molecule has 1 amide bonds. The van der Waals surface area contributed by atoms with Crippen LogP contribution in [-0.2, 0) is 0 Å². The number of benzene rings is 3. The summed E-state index contributed by atoms with van der Waals surface area (Å²) in [6.07, 6.45) is 1.61. The number of fused-ring (bicyclic) bond motifs is 3. The lowest BCUT2D eigenvalue weighted by Gasteiger charge is -2.21. The molecule has 0 aliphatic rings. The van der Waals surface area contributed by atoms with Gasteiger partial charge in [-0.1, -0.05) is 35.9 Å². The van der Waals surface area contributed by atoms with Crippen molar-refractivity contribution >= 4 is 51.4 Å². The molecule has 0 aliphatic heterocycles. The molecule has 7 nitrogen and oxygen atoms in total. The van der Waals surface area contributed by atoms with E-state index in [4.69, 9.17) is 11.6 Å². The quantitative estimate of drug-likeness (QED) is 0.438. The van der Waals surface area contributed by atoms with Crippen LogP contribution < -0.4 is 10.2 Å². The van der Waals surface area contributed by atoms with Crippen molar-refractivity contribution in [1.29, 1.82) is 0 Å². The molecule has 0 spiro atoms. The van der Waals surface area contributed by atoms with E-state index in [0.717, 1.165) is 22.3 Å². The summed E-state index contributed by atoms with van der Waals surface area (Å²) in [4.78, 5) is 19.3. The van der Waals surface area contributed by atoms with Crippen LogP contribution in [0.5, 0.6) is 0 Å². The number of carbonyl (C=O) groups excluding carboxylic acids is 1. The largest absolute Gasteiger partial charge is 0.329 e. The van der Waals surface area contributed by atoms with Crippen molar-refractivity contribution in [3.63, 3.8) is 0 Å². The monoisotopic (exact) mass is 428 g/mol. The van der Waals surface area contributed by atoms with Crippen LogP contribution in [0.25, 0.3) is 16.7 Å². The zero-order valence-corrected chi connectivity index (χ0v) is 17.3. The van der Waals surface area contributed by atoms with Crippen LogP contribution in [-0.4, -0.2) is 32.5 Å². The van der Waals surface area contributed by atoms with Crippen LogP contribution in [0.2, 0.25) is 5.02 Å². The highest BCUT2D eigenvalue weighted by molar-refractivity contribution is 6.31. The van der Waals surface area contributed by atoms with Crippen LogP contribution in [0.15, 0.2) is 79.1 Å². The number of hydrogen-bond acceptors (Lipinski definition) is 5. The average molecular weight is 429 g/mol. The van der Waals surface area contributed by atoms with Crippen molar-refractivity contribution in [2.45, 2.75) is 0 Å². The third kappa shape index (κ3) is 3.55. The Hall–Kier alpha value is -3.97. The summed E-state index contributed by atoms with van der Waals surface area (Å²) < 4.78 is 1.79. The third-order valence-electron chi connectivity index (χ3n) is 5.04. The topological polar surface area (TPSA) is 75.4 Å². The average Bonchev–Trinajstić information content (AvgIpc) is 3.28. The molecular weight excluding hydrogens is 412 g/mol. The van der Waals surface area contributed by atoms with E-state index in [1.807, 2.05) is 78.7 Å². The smallest absolute Gasteiger partial charge is 0.257 e. The fraction of sp³-hybridized carbons (Fsp3) is 0.0435. The zero-order chi connectivity index (χ0) is 21.4. The van der Waals surface area contributed by atoms with E-state index >= 15 is 0 Å². The number of carbonyl (C=O) groups is 1. The van der Waals surface area contributed by atoms with Crippen LogP contribution in [0.4, 0.5) is 17.2 Å². The second kappa shape index (κ2) is 7.70. The molecule has 2 heterocycles. The molecule has 0 unspecified atom stereocenters. The summed E-state index contributed by atoms with van der Waals surface area (Å²) in [6.45, 7) is 0. The van der Waals surface area contributed by atoms with E-state index < -0.39 is 0 Å². The Labute approximate surface area is 182 Å². The first-order valence-corrected chi connectivity index (χ1v) is 9.97. The van der Waals surface area contributed by atoms with Crippen molar-refractivity contribution in [3.8, 4) is 0 Å². The fourth-order valence-corrected chi connectivity index (χ4v) is 3.65. The number of nitrogens with zero attached hydrogens (tertiary/aromatic N) is 5. The van der Waals surface area contributed by atoms with Gasteiger partial charge in [0, 0.05) is 34.4 Å². The molecule has 0 radical (unpaired) electrons. The minimum absolute atomic E-state index is 0.182. The van der Waals surface area contributed by atoms with Crippen LogP contribution in [0.1, 0.15) is 10.4 Å². The standard InChI is InChI=1S/C23H17ClN6O/c1-29(18-9-5-6-15(12-18)22(31)26-17-7-3-2-4-8-17)21-19-11-10-16(24)13-20(19)30-14-25-28-23(30)27-21/h2-14H,1H3,(H,26,31). The summed E-state index contributed by atoms with van der Waals surface area (Å²) in [6, 6.07) is 22.3. The van der Waals surface area contributed by atoms with E-state index in [9.17, 15) is 4.79 Å². The second-order valence-corrected chi connectivity index (χ2v) is 7.46. The Morgan fingerprint density at radius 3 is 2.71 bits per heavy atom. The maximum atomic E-state index is 12.7. The van der Waals surface area contributed by atoms with Gasteiger partial charge in [-0.2, -0.15) is 4.98 Å². The first kappa shape index (κ1) is 19.0. The Morgan fingerprint density at radius 2 is 1.87 bits per heavy atom. The normalized spacial score (nSPS) is 11.0. The Morgan fingerprint density at radius 1 is 1.03 bits per heavy atom. The highest BCUT2D eigenvalue weighted by Crippen LogP contribution is 2.31. The molecule has 152 valence electrons. The summed E-state index contributed by atoms with van der Waals surface area (Å²) in [5.74, 6) is 0.973. The molecular formula is C23H17ClN6O. The van der Waals surface area contributed by atoms with Crippen molar-refractivity contribution in [2.24, 2.45) is 0 Å². The second-order valence-electron chi connectivity index (χ2n) is 7.03. The molecule has 8 heteroatoms. The minimum Gasteiger partial charge on any atom is -0.329 e. The third-order valence-corrected chi connectivity index (χ3v) is 5.28. The number of aromatic nitrogens is 4. The molecule has 0 saturated heterocycles. The molecule has 0 atom stereocenters. The Balaban J connectivity index is 1.54. The van der Waals surface area contributed by atoms with Crippen LogP contribution in [0, 0.1) is 0 Å². The molecule has 0 bridgehead atoms. The highest BCUT2D eigenvalue weighted by Gasteiger charge is 2.16. The van der Waals surface area contributed by atoms with Gasteiger partial charge in [0.25, 0.3) is 11.7 Å². The first-order valence-electron chi connectivity index (χ1n) is 9.59. The van der Waals surface area contributed by atoms with E-state index in [0.29, 0.717) is 22.2 Å². The van der Waals surface area contributed by atoms with Gasteiger partial charge in [-0.25, -0.2) is 0 Å². The lowest BCUT2D eigenvalue weighted by atomic mass is 10.1. The van der Waals surface area contributed by atoms with E-state index in [1.54, 1.807) is 16.8 Å². The molecule has 3 aromatic carbocycles. The van der Waals surface area contributed by atoms with Gasteiger partial charge in [0.2, 0.25) is 0 Å². The van der Waals surface area contributed by atoms with Gasteiger partial charge in [-0.3, -0.25) is 9.20 Å². The number of nitrogens with one attached hydrogen (secondary N) is 1. The number of rotatable bonds is 4. The number of amides is 1. The van der Waals surface area contributed by atoms with Gasteiger partial charge in [0.05, 0.1) is 5.52 Å². The van der Waals surface area contributed by atoms with Crippen molar-refractivity contribution in [1.82, 2.24) is 19.6 Å². The van der Waals surface area contributed by atoms with Gasteiger partial charge >= 0.3 is 0 Å². The predicted molar refractivity (Wildman–Crippen MR) is 122 cm³/mol. The maximum absolute atomic E-state index is 12.7. The lowest BCUT2D eigenvalue weighted by Crippen LogP contribution is -2.15. The zero-order valence-electron chi connectivity index (χ0n) is 16.5. The minimum atomic E-state index is -0.182. The van der Waals surface area contributed by atoms with Crippen LogP contribution in [0.3, 0.4) is 0 Å². The molecule has 5 aromatic rings. The van der Waals surface area contributed by atoms with E-state index in [2.05, 4.69) is 20.5 Å². The molecule has 5 rings (SSSR count). The number of halogens is 1. The molecule has 31 heavy (non-hydrogen) atoms. The number of anilines is 3. The van der Waals surface area contributed by atoms with Gasteiger partial charge in [-0.05, 0) is 48.5 Å². The van der Waals surface area contributed by atoms with E-state index in [1.165, 1.54) is 0 Å². The summed E-state index contributed by atoms with van der Waals surface area (Å²) in [5, 5.41) is 12.5. The van der Waals surface area contributed by atoms with Gasteiger partial charge < -0.3 is 10.2 Å². The SMILES string of the molecule is CN(c1cccc(C(=O)Nc2ccccc2)c1)c1nc2nncn2c2cc(Cl)ccc12. The van der Waals surface area contributed by atoms with Gasteiger partial charge in [0.1, 0.15) is 12.1 Å². The molecule has 0 fully saturated rings. The molecule has 2 aromatic heterocycles. The van der Waals surface area contributed by atoms with Crippen LogP contribution >= 0.6 is 11.6 Å².